The maximum Gasteiger partial charge on any atom is 0.356 e. The van der Waals surface area contributed by atoms with Gasteiger partial charge in [-0.3, -0.25) is 0 Å². The van der Waals surface area contributed by atoms with Gasteiger partial charge in [0, 0.05) is 11.7 Å². The highest BCUT2D eigenvalue weighted by Crippen LogP contribution is 2.42. The van der Waals surface area contributed by atoms with Crippen LogP contribution in [0.3, 0.4) is 0 Å². The van der Waals surface area contributed by atoms with E-state index in [9.17, 15) is 4.79 Å². The molecule has 1 aliphatic rings. The van der Waals surface area contributed by atoms with Crippen LogP contribution in [0, 0.1) is 0 Å². The molecule has 1 saturated carbocycles. The van der Waals surface area contributed by atoms with E-state index >= 15 is 0 Å². The van der Waals surface area contributed by atoms with Crippen LogP contribution in [0.4, 0.5) is 0 Å². The van der Waals surface area contributed by atoms with Crippen LogP contribution in [0.1, 0.15) is 28.9 Å². The number of nitrogens with zero attached hydrogens (tertiary/aromatic N) is 1. The van der Waals surface area contributed by atoms with Gasteiger partial charge in [-0.15, -0.1) is 12.4 Å². The van der Waals surface area contributed by atoms with Gasteiger partial charge in [0.05, 0.1) is 7.11 Å². The molecular formula is C10H13ClN2O2. The molecule has 0 bridgehead atoms. The summed E-state index contributed by atoms with van der Waals surface area (Å²) in [6.45, 7) is 0. The lowest BCUT2D eigenvalue weighted by Crippen LogP contribution is -2.19. The second-order valence-electron chi connectivity index (χ2n) is 3.58. The first kappa shape index (κ1) is 11.9. The zero-order valence-corrected chi connectivity index (χ0v) is 9.21. The van der Waals surface area contributed by atoms with Crippen molar-refractivity contribution in [3.05, 3.63) is 29.6 Å². The lowest BCUT2D eigenvalue weighted by molar-refractivity contribution is 0.0594. The van der Waals surface area contributed by atoms with E-state index in [1.54, 1.807) is 12.3 Å². The first-order chi connectivity index (χ1) is 6.65. The average Bonchev–Trinajstić information content (AvgIpc) is 2.97. The summed E-state index contributed by atoms with van der Waals surface area (Å²) in [5, 5.41) is 0. The van der Waals surface area contributed by atoms with Crippen LogP contribution in [0.25, 0.3) is 0 Å². The minimum absolute atomic E-state index is 0. The Morgan fingerprint density at radius 2 is 2.20 bits per heavy atom. The summed E-state index contributed by atoms with van der Waals surface area (Å²) in [6.07, 6.45) is 3.64. The highest BCUT2D eigenvalue weighted by Gasteiger charge is 2.40. The SMILES string of the molecule is COC(=O)c1ccc(C2(N)CC2)cn1.Cl. The summed E-state index contributed by atoms with van der Waals surface area (Å²) in [5.74, 6) is -0.418. The number of carbonyl (C=O) groups is 1. The molecule has 15 heavy (non-hydrogen) atoms. The molecule has 0 atom stereocenters. The second-order valence-corrected chi connectivity index (χ2v) is 3.58. The molecule has 1 aromatic heterocycles. The number of pyridine rings is 1. The second kappa shape index (κ2) is 4.16. The maximum atomic E-state index is 11.1. The molecule has 1 fully saturated rings. The Bertz CT molecular complexity index is 360. The van der Waals surface area contributed by atoms with Crippen molar-refractivity contribution in [3.63, 3.8) is 0 Å². The van der Waals surface area contributed by atoms with E-state index in [0.29, 0.717) is 5.69 Å². The van der Waals surface area contributed by atoms with Gasteiger partial charge in [-0.2, -0.15) is 0 Å². The first-order valence-corrected chi connectivity index (χ1v) is 4.49. The van der Waals surface area contributed by atoms with E-state index < -0.39 is 5.97 Å². The normalized spacial score (nSPS) is 16.4. The molecule has 0 aromatic carbocycles. The van der Waals surface area contributed by atoms with Crippen molar-refractivity contribution in [1.82, 2.24) is 4.98 Å². The third-order valence-corrected chi connectivity index (χ3v) is 2.52. The Morgan fingerprint density at radius 1 is 1.53 bits per heavy atom. The van der Waals surface area contributed by atoms with Gasteiger partial charge in [0.1, 0.15) is 5.69 Å². The topological polar surface area (TPSA) is 65.2 Å². The fraction of sp³-hybridized carbons (Fsp3) is 0.400. The zero-order valence-electron chi connectivity index (χ0n) is 8.40. The standard InChI is InChI=1S/C10H12N2O2.ClH/c1-14-9(13)8-3-2-7(6-12-8)10(11)4-5-10;/h2-3,6H,4-5,11H2,1H3;1H. The van der Waals surface area contributed by atoms with Crippen LogP contribution < -0.4 is 5.73 Å². The van der Waals surface area contributed by atoms with Crippen molar-refractivity contribution in [3.8, 4) is 0 Å². The summed E-state index contributed by atoms with van der Waals surface area (Å²) >= 11 is 0. The largest absolute Gasteiger partial charge is 0.464 e. The Hall–Kier alpha value is -1.13. The number of hydrogen-bond donors (Lipinski definition) is 1. The van der Waals surface area contributed by atoms with E-state index in [-0.39, 0.29) is 17.9 Å². The Kier molecular flexibility index (Phi) is 3.31. The van der Waals surface area contributed by atoms with Gasteiger partial charge in [0.15, 0.2) is 0 Å². The van der Waals surface area contributed by atoms with Gasteiger partial charge < -0.3 is 10.5 Å². The lowest BCUT2D eigenvalue weighted by atomic mass is 10.1. The number of methoxy groups -OCH3 is 1. The average molecular weight is 229 g/mol. The van der Waals surface area contributed by atoms with Crippen LogP contribution in [0.15, 0.2) is 18.3 Å². The monoisotopic (exact) mass is 228 g/mol. The molecule has 0 radical (unpaired) electrons. The summed E-state index contributed by atoms with van der Waals surface area (Å²) < 4.78 is 4.54. The molecule has 0 aliphatic heterocycles. The Balaban J connectivity index is 0.00000112. The predicted octanol–water partition coefficient (Wildman–Crippen LogP) is 1.24. The summed E-state index contributed by atoms with van der Waals surface area (Å²) in [5.41, 5.74) is 7.09. The molecule has 2 rings (SSSR count). The molecule has 1 aliphatic carbocycles. The van der Waals surface area contributed by atoms with E-state index in [2.05, 4.69) is 9.72 Å². The molecule has 82 valence electrons. The van der Waals surface area contributed by atoms with E-state index in [4.69, 9.17) is 5.73 Å². The van der Waals surface area contributed by atoms with Gasteiger partial charge in [0.2, 0.25) is 0 Å². The number of carbonyl (C=O) groups excluding carboxylic acids is 1. The van der Waals surface area contributed by atoms with Gasteiger partial charge in [-0.1, -0.05) is 6.07 Å². The number of hydrogen-bond acceptors (Lipinski definition) is 4. The number of esters is 1. The van der Waals surface area contributed by atoms with E-state index in [1.807, 2.05) is 6.07 Å². The third kappa shape index (κ3) is 2.27. The number of aromatic nitrogens is 1. The van der Waals surface area contributed by atoms with Crippen molar-refractivity contribution in [1.29, 1.82) is 0 Å². The minimum atomic E-state index is -0.418. The molecule has 0 spiro atoms. The molecule has 2 N–H and O–H groups in total. The molecule has 4 nitrogen and oxygen atoms in total. The van der Waals surface area contributed by atoms with Gasteiger partial charge >= 0.3 is 5.97 Å². The smallest absolute Gasteiger partial charge is 0.356 e. The van der Waals surface area contributed by atoms with Gasteiger partial charge in [-0.05, 0) is 24.5 Å². The molecular weight excluding hydrogens is 216 g/mol. The first-order valence-electron chi connectivity index (χ1n) is 4.49. The van der Waals surface area contributed by atoms with Crippen molar-refractivity contribution >= 4 is 18.4 Å². The quantitative estimate of drug-likeness (QED) is 0.774. The van der Waals surface area contributed by atoms with Crippen LogP contribution in [-0.2, 0) is 10.3 Å². The molecule has 0 unspecified atom stereocenters. The fourth-order valence-electron chi connectivity index (χ4n) is 1.34. The highest BCUT2D eigenvalue weighted by molar-refractivity contribution is 5.87. The lowest BCUT2D eigenvalue weighted by Gasteiger charge is -2.08. The van der Waals surface area contributed by atoms with Crippen molar-refractivity contribution < 1.29 is 9.53 Å². The van der Waals surface area contributed by atoms with Crippen molar-refractivity contribution in [2.45, 2.75) is 18.4 Å². The maximum absolute atomic E-state index is 11.1. The van der Waals surface area contributed by atoms with E-state index in [0.717, 1.165) is 18.4 Å². The minimum Gasteiger partial charge on any atom is -0.464 e. The zero-order chi connectivity index (χ0) is 10.2. The predicted molar refractivity (Wildman–Crippen MR) is 57.9 cm³/mol. The Labute approximate surface area is 94.2 Å². The van der Waals surface area contributed by atoms with Crippen molar-refractivity contribution in [2.75, 3.05) is 7.11 Å². The van der Waals surface area contributed by atoms with Crippen LogP contribution in [-0.4, -0.2) is 18.1 Å². The Morgan fingerprint density at radius 3 is 2.60 bits per heavy atom. The summed E-state index contributed by atoms with van der Waals surface area (Å²) in [7, 11) is 1.34. The molecule has 1 aromatic rings. The summed E-state index contributed by atoms with van der Waals surface area (Å²) in [4.78, 5) is 15.1. The van der Waals surface area contributed by atoms with Gasteiger partial charge in [-0.25, -0.2) is 9.78 Å². The number of ether oxygens (including phenoxy) is 1. The number of rotatable bonds is 2. The molecule has 0 amide bonds. The number of halogens is 1. The van der Waals surface area contributed by atoms with Crippen LogP contribution in [0.5, 0.6) is 0 Å². The molecule has 0 saturated heterocycles. The van der Waals surface area contributed by atoms with Crippen LogP contribution >= 0.6 is 12.4 Å². The molecule has 5 heteroatoms. The van der Waals surface area contributed by atoms with Crippen LogP contribution in [0.2, 0.25) is 0 Å². The number of nitrogens with two attached hydrogens (primary N) is 1. The molecule has 1 heterocycles. The third-order valence-electron chi connectivity index (χ3n) is 2.52. The van der Waals surface area contributed by atoms with E-state index in [1.165, 1.54) is 7.11 Å². The summed E-state index contributed by atoms with van der Waals surface area (Å²) in [6, 6.07) is 3.49. The van der Waals surface area contributed by atoms with Gasteiger partial charge in [0.25, 0.3) is 0 Å². The highest BCUT2D eigenvalue weighted by atomic mass is 35.5. The fourth-order valence-corrected chi connectivity index (χ4v) is 1.34. The van der Waals surface area contributed by atoms with Crippen molar-refractivity contribution in [2.24, 2.45) is 5.73 Å².